The Labute approximate surface area is 139 Å². The summed E-state index contributed by atoms with van der Waals surface area (Å²) in [7, 11) is 1.60. The van der Waals surface area contributed by atoms with Gasteiger partial charge in [0, 0.05) is 28.8 Å². The molecule has 3 aromatic rings. The van der Waals surface area contributed by atoms with Crippen LogP contribution in [-0.2, 0) is 4.79 Å². The van der Waals surface area contributed by atoms with E-state index >= 15 is 0 Å². The summed E-state index contributed by atoms with van der Waals surface area (Å²) in [6, 6.07) is 11.7. The van der Waals surface area contributed by atoms with Gasteiger partial charge in [0.05, 0.1) is 12.8 Å². The van der Waals surface area contributed by atoms with Crippen molar-refractivity contribution >= 4 is 33.5 Å². The highest BCUT2D eigenvalue weighted by atomic mass is 16.5. The Hall–Kier alpha value is -2.53. The van der Waals surface area contributed by atoms with E-state index in [-0.39, 0.29) is 17.9 Å². The first-order valence-electron chi connectivity index (χ1n) is 8.21. The number of carbonyl (C=O) groups is 1. The normalized spacial score (nSPS) is 20.6. The minimum atomic E-state index is -0.0314. The Morgan fingerprint density at radius 1 is 1.21 bits per heavy atom. The van der Waals surface area contributed by atoms with Gasteiger partial charge in [-0.1, -0.05) is 18.2 Å². The van der Waals surface area contributed by atoms with Gasteiger partial charge in [-0.2, -0.15) is 0 Å². The average molecular weight is 324 g/mol. The zero-order valence-corrected chi connectivity index (χ0v) is 13.5. The number of hydrogen-bond acceptors (Lipinski definition) is 4. The molecule has 24 heavy (non-hydrogen) atoms. The van der Waals surface area contributed by atoms with Gasteiger partial charge >= 0.3 is 0 Å². The van der Waals surface area contributed by atoms with Crippen LogP contribution in [0.5, 0.6) is 5.75 Å². The van der Waals surface area contributed by atoms with Gasteiger partial charge < -0.3 is 20.2 Å². The standard InChI is InChI=1S/C19H20N2O3/c1-23-18-9-14-13-4-2-3-5-16(13)24-17(14)10-15(18)21-19(22)11-6-7-12(20)8-11/h2-5,9-12H,6-8,20H2,1H3,(H,21,22). The number of amides is 1. The summed E-state index contributed by atoms with van der Waals surface area (Å²) < 4.78 is 11.4. The third-order valence-corrected chi connectivity index (χ3v) is 4.80. The SMILES string of the molecule is COc1cc2c(cc1NC(=O)C1CCC(N)C1)oc1ccccc12. The summed E-state index contributed by atoms with van der Waals surface area (Å²) in [4.78, 5) is 12.5. The second-order valence-electron chi connectivity index (χ2n) is 6.41. The highest BCUT2D eigenvalue weighted by molar-refractivity contribution is 6.07. The van der Waals surface area contributed by atoms with Crippen molar-refractivity contribution in [3.05, 3.63) is 36.4 Å². The molecule has 1 fully saturated rings. The molecule has 0 spiro atoms. The molecule has 0 radical (unpaired) electrons. The zero-order valence-electron chi connectivity index (χ0n) is 13.5. The number of para-hydroxylation sites is 1. The molecule has 1 aromatic heterocycles. The molecule has 0 bridgehead atoms. The summed E-state index contributed by atoms with van der Waals surface area (Å²) in [5.41, 5.74) is 8.10. The third-order valence-electron chi connectivity index (χ3n) is 4.80. The van der Waals surface area contributed by atoms with Crippen molar-refractivity contribution in [2.24, 2.45) is 11.7 Å². The lowest BCUT2D eigenvalue weighted by Crippen LogP contribution is -2.23. The number of anilines is 1. The van der Waals surface area contributed by atoms with E-state index in [9.17, 15) is 4.79 Å². The van der Waals surface area contributed by atoms with Crippen molar-refractivity contribution in [1.29, 1.82) is 0 Å². The van der Waals surface area contributed by atoms with Crippen LogP contribution in [0.2, 0.25) is 0 Å². The van der Waals surface area contributed by atoms with Crippen LogP contribution in [0, 0.1) is 5.92 Å². The van der Waals surface area contributed by atoms with Crippen LogP contribution in [0.1, 0.15) is 19.3 Å². The van der Waals surface area contributed by atoms with Crippen molar-refractivity contribution in [1.82, 2.24) is 0 Å². The molecule has 0 saturated heterocycles. The predicted molar refractivity (Wildman–Crippen MR) is 94.2 cm³/mol. The van der Waals surface area contributed by atoms with Gasteiger partial charge in [0.1, 0.15) is 16.9 Å². The highest BCUT2D eigenvalue weighted by Gasteiger charge is 2.28. The number of nitrogens with two attached hydrogens (primary N) is 1. The largest absolute Gasteiger partial charge is 0.495 e. The van der Waals surface area contributed by atoms with E-state index in [0.29, 0.717) is 11.4 Å². The molecule has 5 heteroatoms. The van der Waals surface area contributed by atoms with Crippen LogP contribution in [0.4, 0.5) is 5.69 Å². The van der Waals surface area contributed by atoms with Crippen LogP contribution in [0.15, 0.2) is 40.8 Å². The lowest BCUT2D eigenvalue weighted by Gasteiger charge is -2.13. The molecule has 2 unspecified atom stereocenters. The van der Waals surface area contributed by atoms with Gasteiger partial charge in [-0.05, 0) is 31.4 Å². The second kappa shape index (κ2) is 5.83. The number of nitrogens with one attached hydrogen (secondary N) is 1. The Balaban J connectivity index is 1.71. The predicted octanol–water partition coefficient (Wildman–Crippen LogP) is 3.66. The fraction of sp³-hybridized carbons (Fsp3) is 0.316. The fourth-order valence-electron chi connectivity index (χ4n) is 3.51. The van der Waals surface area contributed by atoms with E-state index in [1.54, 1.807) is 7.11 Å². The molecule has 5 nitrogen and oxygen atoms in total. The molecule has 124 valence electrons. The first-order chi connectivity index (χ1) is 11.7. The topological polar surface area (TPSA) is 77.5 Å². The van der Waals surface area contributed by atoms with Crippen LogP contribution in [0.25, 0.3) is 21.9 Å². The van der Waals surface area contributed by atoms with Gasteiger partial charge in [0.25, 0.3) is 0 Å². The summed E-state index contributed by atoms with van der Waals surface area (Å²) in [5, 5.41) is 4.99. The molecule has 0 aliphatic heterocycles. The Morgan fingerprint density at radius 3 is 2.79 bits per heavy atom. The molecule has 1 saturated carbocycles. The number of hydrogen-bond donors (Lipinski definition) is 2. The van der Waals surface area contributed by atoms with Gasteiger partial charge in [0.15, 0.2) is 0 Å². The molecule has 3 N–H and O–H groups in total. The van der Waals surface area contributed by atoms with Crippen molar-refractivity contribution in [2.45, 2.75) is 25.3 Å². The number of fused-ring (bicyclic) bond motifs is 3. The Bertz CT molecular complexity index is 916. The van der Waals surface area contributed by atoms with E-state index in [1.165, 1.54) is 0 Å². The molecule has 2 aromatic carbocycles. The Kier molecular flexibility index (Phi) is 3.65. The van der Waals surface area contributed by atoms with E-state index in [2.05, 4.69) is 5.32 Å². The van der Waals surface area contributed by atoms with Crippen molar-refractivity contribution in [3.8, 4) is 5.75 Å². The van der Waals surface area contributed by atoms with Gasteiger partial charge in [0.2, 0.25) is 5.91 Å². The first-order valence-corrected chi connectivity index (χ1v) is 8.21. The maximum absolute atomic E-state index is 12.5. The zero-order chi connectivity index (χ0) is 16.7. The van der Waals surface area contributed by atoms with Crippen LogP contribution < -0.4 is 15.8 Å². The third kappa shape index (κ3) is 2.51. The number of benzene rings is 2. The lowest BCUT2D eigenvalue weighted by atomic mass is 10.1. The van der Waals surface area contributed by atoms with Crippen LogP contribution in [0.3, 0.4) is 0 Å². The molecule has 1 amide bonds. The average Bonchev–Trinajstić information content (AvgIpc) is 3.17. The smallest absolute Gasteiger partial charge is 0.227 e. The molecule has 4 rings (SSSR count). The minimum absolute atomic E-state index is 0.00305. The van der Waals surface area contributed by atoms with Gasteiger partial charge in [-0.3, -0.25) is 4.79 Å². The molecule has 1 heterocycles. The van der Waals surface area contributed by atoms with Crippen LogP contribution >= 0.6 is 0 Å². The highest BCUT2D eigenvalue weighted by Crippen LogP contribution is 2.37. The summed E-state index contributed by atoms with van der Waals surface area (Å²) in [6.45, 7) is 0. The quantitative estimate of drug-likeness (QED) is 0.771. The first kappa shape index (κ1) is 15.0. The minimum Gasteiger partial charge on any atom is -0.495 e. The van der Waals surface area contributed by atoms with Crippen molar-refractivity contribution < 1.29 is 13.9 Å². The maximum atomic E-state index is 12.5. The lowest BCUT2D eigenvalue weighted by molar-refractivity contribution is -0.119. The van der Waals surface area contributed by atoms with E-state index < -0.39 is 0 Å². The van der Waals surface area contributed by atoms with E-state index in [4.69, 9.17) is 14.9 Å². The fourth-order valence-corrected chi connectivity index (χ4v) is 3.51. The van der Waals surface area contributed by atoms with Gasteiger partial charge in [-0.15, -0.1) is 0 Å². The van der Waals surface area contributed by atoms with Crippen molar-refractivity contribution in [3.63, 3.8) is 0 Å². The number of carbonyl (C=O) groups excluding carboxylic acids is 1. The molecular formula is C19H20N2O3. The number of methoxy groups -OCH3 is 1. The maximum Gasteiger partial charge on any atom is 0.227 e. The van der Waals surface area contributed by atoms with Crippen molar-refractivity contribution in [2.75, 3.05) is 12.4 Å². The number of furan rings is 1. The van der Waals surface area contributed by atoms with Crippen LogP contribution in [-0.4, -0.2) is 19.1 Å². The number of rotatable bonds is 3. The number of ether oxygens (including phenoxy) is 1. The summed E-state index contributed by atoms with van der Waals surface area (Å²) in [5.74, 6) is 0.595. The molecule has 1 aliphatic rings. The van der Waals surface area contributed by atoms with Gasteiger partial charge in [-0.25, -0.2) is 0 Å². The Morgan fingerprint density at radius 2 is 2.04 bits per heavy atom. The monoisotopic (exact) mass is 324 g/mol. The molecule has 2 atom stereocenters. The second-order valence-corrected chi connectivity index (χ2v) is 6.41. The molecule has 1 aliphatic carbocycles. The van der Waals surface area contributed by atoms with E-state index in [1.807, 2.05) is 36.4 Å². The van der Waals surface area contributed by atoms with E-state index in [0.717, 1.165) is 41.2 Å². The summed E-state index contributed by atoms with van der Waals surface area (Å²) >= 11 is 0. The summed E-state index contributed by atoms with van der Waals surface area (Å²) in [6.07, 6.45) is 2.47. The molecular weight excluding hydrogens is 304 g/mol.